The lowest BCUT2D eigenvalue weighted by atomic mass is 10.1. The molecule has 0 spiro atoms. The Balaban J connectivity index is 2.23. The second-order valence-corrected chi connectivity index (χ2v) is 6.02. The molecule has 0 aliphatic rings. The molecular formula is C19H27N3O3. The number of rotatable bonds is 8. The standard InChI is InChI=1S/C19H27N3O3/c1-5-15(6-2)22-13(3)16(12-20-22)19(24)21-17-8-7-14(9-10-23)11-18(17)25-4/h7-8,11-12,15,23H,5-6,9-10H2,1-4H3,(H,21,24). The predicted octanol–water partition coefficient (Wildman–Crippen LogP) is 3.35. The number of hydrogen-bond donors (Lipinski definition) is 2. The van der Waals surface area contributed by atoms with Gasteiger partial charge in [0.25, 0.3) is 5.91 Å². The van der Waals surface area contributed by atoms with Gasteiger partial charge in [-0.2, -0.15) is 5.10 Å². The summed E-state index contributed by atoms with van der Waals surface area (Å²) in [4.78, 5) is 12.7. The number of methoxy groups -OCH3 is 1. The molecule has 0 saturated carbocycles. The average molecular weight is 345 g/mol. The van der Waals surface area contributed by atoms with E-state index in [2.05, 4.69) is 24.3 Å². The number of aliphatic hydroxyl groups excluding tert-OH is 1. The van der Waals surface area contributed by atoms with Gasteiger partial charge in [0.1, 0.15) is 5.75 Å². The lowest BCUT2D eigenvalue weighted by molar-refractivity contribution is 0.102. The van der Waals surface area contributed by atoms with Gasteiger partial charge in [-0.1, -0.05) is 19.9 Å². The second kappa shape index (κ2) is 8.67. The van der Waals surface area contributed by atoms with Crippen LogP contribution in [-0.2, 0) is 6.42 Å². The van der Waals surface area contributed by atoms with Gasteiger partial charge < -0.3 is 15.2 Å². The number of nitrogens with zero attached hydrogens (tertiary/aromatic N) is 2. The molecule has 2 aromatic rings. The highest BCUT2D eigenvalue weighted by Gasteiger charge is 2.19. The molecule has 1 aromatic heterocycles. The van der Waals surface area contributed by atoms with Gasteiger partial charge in [-0.15, -0.1) is 0 Å². The Kier molecular flexibility index (Phi) is 6.58. The first-order chi connectivity index (χ1) is 12.0. The van der Waals surface area contributed by atoms with Gasteiger partial charge in [0, 0.05) is 12.3 Å². The van der Waals surface area contributed by atoms with Crippen LogP contribution in [0.1, 0.15) is 54.3 Å². The SMILES string of the molecule is CCC(CC)n1ncc(C(=O)Nc2ccc(CCO)cc2OC)c1C. The van der Waals surface area contributed by atoms with Crippen LogP contribution in [0.3, 0.4) is 0 Å². The summed E-state index contributed by atoms with van der Waals surface area (Å²) >= 11 is 0. The third-order valence-corrected chi connectivity index (χ3v) is 4.49. The monoisotopic (exact) mass is 345 g/mol. The number of ether oxygens (including phenoxy) is 1. The lowest BCUT2D eigenvalue weighted by Crippen LogP contribution is -2.15. The number of hydrogen-bond acceptors (Lipinski definition) is 4. The molecular weight excluding hydrogens is 318 g/mol. The Labute approximate surface area is 148 Å². The number of aromatic nitrogens is 2. The topological polar surface area (TPSA) is 76.4 Å². The van der Waals surface area contributed by atoms with Crippen LogP contribution in [0.15, 0.2) is 24.4 Å². The number of aliphatic hydroxyl groups is 1. The van der Waals surface area contributed by atoms with E-state index >= 15 is 0 Å². The molecule has 2 rings (SSSR count). The third kappa shape index (κ3) is 4.20. The van der Waals surface area contributed by atoms with Crippen LogP contribution in [0.4, 0.5) is 5.69 Å². The summed E-state index contributed by atoms with van der Waals surface area (Å²) < 4.78 is 7.29. The van der Waals surface area contributed by atoms with Gasteiger partial charge in [0.05, 0.1) is 30.6 Å². The van der Waals surface area contributed by atoms with Gasteiger partial charge in [0.15, 0.2) is 0 Å². The van der Waals surface area contributed by atoms with Crippen molar-refractivity contribution in [3.63, 3.8) is 0 Å². The molecule has 0 radical (unpaired) electrons. The maximum atomic E-state index is 12.7. The van der Waals surface area contributed by atoms with Crippen molar-refractivity contribution in [2.24, 2.45) is 0 Å². The number of anilines is 1. The van der Waals surface area contributed by atoms with Gasteiger partial charge in [-0.3, -0.25) is 9.48 Å². The molecule has 6 heteroatoms. The van der Waals surface area contributed by atoms with Crippen molar-refractivity contribution in [3.05, 3.63) is 41.2 Å². The molecule has 0 atom stereocenters. The number of nitrogens with one attached hydrogen (secondary N) is 1. The van der Waals surface area contributed by atoms with Crippen molar-refractivity contribution in [3.8, 4) is 5.75 Å². The van der Waals surface area contributed by atoms with E-state index in [1.165, 1.54) is 0 Å². The van der Waals surface area contributed by atoms with Gasteiger partial charge >= 0.3 is 0 Å². The largest absolute Gasteiger partial charge is 0.495 e. The molecule has 0 saturated heterocycles. The van der Waals surface area contributed by atoms with Crippen molar-refractivity contribution >= 4 is 11.6 Å². The normalized spacial score (nSPS) is 11.0. The summed E-state index contributed by atoms with van der Waals surface area (Å²) in [6.45, 7) is 6.23. The van der Waals surface area contributed by atoms with Crippen LogP contribution >= 0.6 is 0 Å². The first-order valence-corrected chi connectivity index (χ1v) is 8.68. The number of benzene rings is 1. The maximum Gasteiger partial charge on any atom is 0.259 e. The van der Waals surface area contributed by atoms with Crippen molar-refractivity contribution in [2.45, 2.75) is 46.1 Å². The van der Waals surface area contributed by atoms with E-state index in [9.17, 15) is 4.79 Å². The summed E-state index contributed by atoms with van der Waals surface area (Å²) in [5, 5.41) is 16.3. The van der Waals surface area contributed by atoms with Gasteiger partial charge in [-0.05, 0) is 43.9 Å². The quantitative estimate of drug-likeness (QED) is 0.769. The van der Waals surface area contributed by atoms with E-state index in [4.69, 9.17) is 9.84 Å². The zero-order valence-electron chi connectivity index (χ0n) is 15.4. The summed E-state index contributed by atoms with van der Waals surface area (Å²) in [7, 11) is 1.56. The van der Waals surface area contributed by atoms with Crippen molar-refractivity contribution < 1.29 is 14.6 Å². The molecule has 25 heavy (non-hydrogen) atoms. The molecule has 1 amide bonds. The first-order valence-electron chi connectivity index (χ1n) is 8.68. The van der Waals surface area contributed by atoms with E-state index in [-0.39, 0.29) is 12.5 Å². The van der Waals surface area contributed by atoms with E-state index in [1.807, 2.05) is 23.7 Å². The van der Waals surface area contributed by atoms with E-state index in [0.29, 0.717) is 29.5 Å². The predicted molar refractivity (Wildman–Crippen MR) is 98.3 cm³/mol. The van der Waals surface area contributed by atoms with E-state index < -0.39 is 0 Å². The molecule has 0 aliphatic heterocycles. The minimum absolute atomic E-state index is 0.0727. The maximum absolute atomic E-state index is 12.7. The van der Waals surface area contributed by atoms with Gasteiger partial charge in [-0.25, -0.2) is 0 Å². The fraction of sp³-hybridized carbons (Fsp3) is 0.474. The molecule has 2 N–H and O–H groups in total. The Morgan fingerprint density at radius 1 is 1.36 bits per heavy atom. The second-order valence-electron chi connectivity index (χ2n) is 6.02. The molecule has 0 unspecified atom stereocenters. The van der Waals surface area contributed by atoms with Crippen LogP contribution in [0, 0.1) is 6.92 Å². The Hall–Kier alpha value is -2.34. The number of carbonyl (C=O) groups is 1. The first kappa shape index (κ1) is 19.0. The minimum atomic E-state index is -0.206. The Morgan fingerprint density at radius 3 is 2.68 bits per heavy atom. The van der Waals surface area contributed by atoms with Crippen molar-refractivity contribution in [2.75, 3.05) is 19.0 Å². The molecule has 0 fully saturated rings. The number of carbonyl (C=O) groups excluding carboxylic acids is 1. The number of amides is 1. The van der Waals surface area contributed by atoms with Crippen molar-refractivity contribution in [1.29, 1.82) is 0 Å². The molecule has 1 heterocycles. The Bertz CT molecular complexity index is 721. The highest BCUT2D eigenvalue weighted by molar-refractivity contribution is 6.05. The van der Waals surface area contributed by atoms with Crippen LogP contribution in [0.5, 0.6) is 5.75 Å². The molecule has 136 valence electrons. The zero-order valence-corrected chi connectivity index (χ0v) is 15.4. The van der Waals surface area contributed by atoms with Crippen LogP contribution in [0.25, 0.3) is 0 Å². The van der Waals surface area contributed by atoms with Crippen LogP contribution < -0.4 is 10.1 Å². The average Bonchev–Trinajstić information content (AvgIpc) is 2.99. The highest BCUT2D eigenvalue weighted by Crippen LogP contribution is 2.27. The Morgan fingerprint density at radius 2 is 2.08 bits per heavy atom. The fourth-order valence-corrected chi connectivity index (χ4v) is 2.96. The van der Waals surface area contributed by atoms with Crippen LogP contribution in [-0.4, -0.2) is 34.5 Å². The molecule has 0 bridgehead atoms. The summed E-state index contributed by atoms with van der Waals surface area (Å²) in [6, 6.07) is 5.79. The molecule has 0 aliphatic carbocycles. The highest BCUT2D eigenvalue weighted by atomic mass is 16.5. The van der Waals surface area contributed by atoms with Crippen LogP contribution in [0.2, 0.25) is 0 Å². The summed E-state index contributed by atoms with van der Waals surface area (Å²) in [5.74, 6) is 0.368. The van der Waals surface area contributed by atoms with Crippen molar-refractivity contribution in [1.82, 2.24) is 9.78 Å². The third-order valence-electron chi connectivity index (χ3n) is 4.49. The van der Waals surface area contributed by atoms with E-state index in [1.54, 1.807) is 19.4 Å². The van der Waals surface area contributed by atoms with Gasteiger partial charge in [0.2, 0.25) is 0 Å². The fourth-order valence-electron chi connectivity index (χ4n) is 2.96. The zero-order chi connectivity index (χ0) is 18.4. The minimum Gasteiger partial charge on any atom is -0.495 e. The molecule has 6 nitrogen and oxygen atoms in total. The molecule has 1 aromatic carbocycles. The summed E-state index contributed by atoms with van der Waals surface area (Å²) in [5.41, 5.74) is 2.98. The lowest BCUT2D eigenvalue weighted by Gasteiger charge is -2.15. The van der Waals surface area contributed by atoms with E-state index in [0.717, 1.165) is 24.1 Å². The summed E-state index contributed by atoms with van der Waals surface area (Å²) in [6.07, 6.45) is 4.11. The smallest absolute Gasteiger partial charge is 0.259 e.